The summed E-state index contributed by atoms with van der Waals surface area (Å²) in [6.45, 7) is 1.85. The van der Waals surface area contributed by atoms with Crippen LogP contribution >= 0.6 is 27.3 Å². The summed E-state index contributed by atoms with van der Waals surface area (Å²) in [5.41, 5.74) is 0.262. The molecule has 1 N–H and O–H groups in total. The summed E-state index contributed by atoms with van der Waals surface area (Å²) in [7, 11) is 0. The fraction of sp³-hybridized carbons (Fsp3) is 0.182. The van der Waals surface area contributed by atoms with E-state index in [4.69, 9.17) is 0 Å². The minimum absolute atomic E-state index is 0.262. The van der Waals surface area contributed by atoms with Gasteiger partial charge in [0.1, 0.15) is 11.9 Å². The van der Waals surface area contributed by atoms with Crippen molar-refractivity contribution in [3.63, 3.8) is 0 Å². The molecule has 2 nitrogen and oxygen atoms in total. The smallest absolute Gasteiger partial charge is 0.143 e. The molecule has 0 aliphatic rings. The first kappa shape index (κ1) is 11.7. The fourth-order valence-corrected chi connectivity index (χ4v) is 2.56. The molecule has 1 aromatic heterocycles. The molecule has 0 bridgehead atoms. The fourth-order valence-electron chi connectivity index (χ4n) is 1.39. The van der Waals surface area contributed by atoms with Crippen LogP contribution in [0.1, 0.15) is 21.6 Å². The molecule has 5 heteroatoms. The van der Waals surface area contributed by atoms with Crippen LogP contribution in [0, 0.1) is 12.7 Å². The summed E-state index contributed by atoms with van der Waals surface area (Å²) in [5.74, 6) is -0.430. The molecule has 1 unspecified atom stereocenters. The maximum atomic E-state index is 13.7. The summed E-state index contributed by atoms with van der Waals surface area (Å²) in [4.78, 5) is 4.69. The van der Waals surface area contributed by atoms with E-state index in [-0.39, 0.29) is 5.56 Å². The molecular formula is C11H9BrFNOS. The lowest BCUT2D eigenvalue weighted by Crippen LogP contribution is -2.00. The first-order valence-corrected chi connectivity index (χ1v) is 6.25. The summed E-state index contributed by atoms with van der Waals surface area (Å²) in [5, 5.41) is 10.9. The van der Waals surface area contributed by atoms with Crippen molar-refractivity contribution in [3.8, 4) is 0 Å². The Labute approximate surface area is 105 Å². The summed E-state index contributed by atoms with van der Waals surface area (Å²) in [6, 6.07) is 4.86. The van der Waals surface area contributed by atoms with Crippen molar-refractivity contribution in [1.29, 1.82) is 0 Å². The van der Waals surface area contributed by atoms with Crippen molar-refractivity contribution < 1.29 is 9.50 Å². The number of aryl methyl sites for hydroxylation is 1. The van der Waals surface area contributed by atoms with Crippen molar-refractivity contribution in [3.05, 3.63) is 50.1 Å². The normalized spacial score (nSPS) is 12.8. The van der Waals surface area contributed by atoms with Gasteiger partial charge in [0, 0.05) is 11.8 Å². The number of hydrogen-bond donors (Lipinski definition) is 1. The number of halogens is 2. The van der Waals surface area contributed by atoms with Gasteiger partial charge in [-0.2, -0.15) is 0 Å². The minimum atomic E-state index is -0.955. The second-order valence-corrected chi connectivity index (χ2v) is 5.45. The molecule has 1 atom stereocenters. The van der Waals surface area contributed by atoms with E-state index in [1.54, 1.807) is 24.4 Å². The Hall–Kier alpha value is -0.780. The van der Waals surface area contributed by atoms with Gasteiger partial charge in [-0.15, -0.1) is 11.3 Å². The first-order valence-electron chi connectivity index (χ1n) is 4.64. The Morgan fingerprint density at radius 1 is 1.50 bits per heavy atom. The molecule has 0 amide bonds. The van der Waals surface area contributed by atoms with Crippen molar-refractivity contribution in [2.75, 3.05) is 0 Å². The predicted molar refractivity (Wildman–Crippen MR) is 65.0 cm³/mol. The van der Waals surface area contributed by atoms with Crippen LogP contribution in [0.2, 0.25) is 0 Å². The highest BCUT2D eigenvalue weighted by Crippen LogP contribution is 2.30. The second kappa shape index (κ2) is 4.61. The number of nitrogens with zero attached hydrogens (tertiary/aromatic N) is 1. The lowest BCUT2D eigenvalue weighted by atomic mass is 10.1. The van der Waals surface area contributed by atoms with Crippen LogP contribution in [0.4, 0.5) is 4.39 Å². The summed E-state index contributed by atoms with van der Waals surface area (Å²) >= 11 is 4.46. The van der Waals surface area contributed by atoms with E-state index in [2.05, 4.69) is 20.9 Å². The molecule has 0 aliphatic heterocycles. The zero-order valence-electron chi connectivity index (χ0n) is 8.45. The molecule has 0 aliphatic carbocycles. The Balaban J connectivity index is 2.41. The number of hydrogen-bond acceptors (Lipinski definition) is 3. The minimum Gasteiger partial charge on any atom is -0.383 e. The van der Waals surface area contributed by atoms with Crippen LogP contribution in [0.3, 0.4) is 0 Å². The molecule has 0 radical (unpaired) electrons. The molecule has 2 aromatic rings. The van der Waals surface area contributed by atoms with Gasteiger partial charge in [0.05, 0.1) is 14.4 Å². The van der Waals surface area contributed by atoms with Gasteiger partial charge in [0.15, 0.2) is 0 Å². The molecule has 1 aromatic carbocycles. The van der Waals surface area contributed by atoms with Crippen molar-refractivity contribution in [2.24, 2.45) is 0 Å². The largest absolute Gasteiger partial charge is 0.383 e. The average Bonchev–Trinajstić information content (AvgIpc) is 2.68. The molecule has 0 spiro atoms. The maximum absolute atomic E-state index is 13.7. The molecule has 16 heavy (non-hydrogen) atoms. The zero-order chi connectivity index (χ0) is 11.7. The number of thiazole rings is 1. The third kappa shape index (κ3) is 2.16. The molecule has 0 fully saturated rings. The lowest BCUT2D eigenvalue weighted by Gasteiger charge is -2.10. The highest BCUT2D eigenvalue weighted by atomic mass is 79.9. The number of aromatic nitrogens is 1. The number of aliphatic hydroxyl groups excluding tert-OH is 1. The SMILES string of the molecule is Cc1ncc(C(O)c2cccc(Br)c2F)s1. The van der Waals surface area contributed by atoms with Crippen LogP contribution in [-0.2, 0) is 0 Å². The number of aliphatic hydroxyl groups is 1. The van der Waals surface area contributed by atoms with Gasteiger partial charge in [0.2, 0.25) is 0 Å². The molecule has 0 saturated heterocycles. The first-order chi connectivity index (χ1) is 7.59. The van der Waals surface area contributed by atoms with E-state index in [0.29, 0.717) is 9.35 Å². The van der Waals surface area contributed by atoms with Crippen molar-refractivity contribution in [1.82, 2.24) is 4.98 Å². The molecule has 1 heterocycles. The highest BCUT2D eigenvalue weighted by Gasteiger charge is 2.18. The quantitative estimate of drug-likeness (QED) is 0.922. The molecule has 2 rings (SSSR count). The molecule has 0 saturated carbocycles. The maximum Gasteiger partial charge on any atom is 0.143 e. The van der Waals surface area contributed by atoms with Gasteiger partial charge in [-0.1, -0.05) is 12.1 Å². The Morgan fingerprint density at radius 3 is 2.88 bits per heavy atom. The van der Waals surface area contributed by atoms with Gasteiger partial charge in [0.25, 0.3) is 0 Å². The Bertz CT molecular complexity index is 514. The van der Waals surface area contributed by atoms with Gasteiger partial charge in [-0.05, 0) is 28.9 Å². The van der Waals surface area contributed by atoms with E-state index in [9.17, 15) is 9.50 Å². The van der Waals surface area contributed by atoms with Crippen LogP contribution in [-0.4, -0.2) is 10.1 Å². The number of benzene rings is 1. The standard InChI is InChI=1S/C11H9BrFNOS/c1-6-14-5-9(16-6)11(15)7-3-2-4-8(12)10(7)13/h2-5,11,15H,1H3. The van der Waals surface area contributed by atoms with Crippen LogP contribution < -0.4 is 0 Å². The van der Waals surface area contributed by atoms with E-state index in [1.807, 2.05) is 6.92 Å². The van der Waals surface area contributed by atoms with Gasteiger partial charge in [-0.25, -0.2) is 9.37 Å². The predicted octanol–water partition coefficient (Wildman–Crippen LogP) is 3.43. The van der Waals surface area contributed by atoms with E-state index in [0.717, 1.165) is 5.01 Å². The van der Waals surface area contributed by atoms with Crippen LogP contribution in [0.15, 0.2) is 28.9 Å². The van der Waals surface area contributed by atoms with E-state index in [1.165, 1.54) is 11.3 Å². The van der Waals surface area contributed by atoms with E-state index >= 15 is 0 Å². The Kier molecular flexibility index (Phi) is 3.37. The third-order valence-electron chi connectivity index (χ3n) is 2.18. The van der Waals surface area contributed by atoms with Gasteiger partial charge >= 0.3 is 0 Å². The Morgan fingerprint density at radius 2 is 2.25 bits per heavy atom. The van der Waals surface area contributed by atoms with Crippen molar-refractivity contribution in [2.45, 2.75) is 13.0 Å². The number of rotatable bonds is 2. The monoisotopic (exact) mass is 301 g/mol. The zero-order valence-corrected chi connectivity index (χ0v) is 10.8. The summed E-state index contributed by atoms with van der Waals surface area (Å²) in [6.07, 6.45) is 0.620. The molecular weight excluding hydrogens is 293 g/mol. The topological polar surface area (TPSA) is 33.1 Å². The van der Waals surface area contributed by atoms with Gasteiger partial charge < -0.3 is 5.11 Å². The van der Waals surface area contributed by atoms with Crippen LogP contribution in [0.25, 0.3) is 0 Å². The average molecular weight is 302 g/mol. The molecule has 84 valence electrons. The highest BCUT2D eigenvalue weighted by molar-refractivity contribution is 9.10. The van der Waals surface area contributed by atoms with Gasteiger partial charge in [-0.3, -0.25) is 0 Å². The second-order valence-electron chi connectivity index (χ2n) is 3.33. The lowest BCUT2D eigenvalue weighted by molar-refractivity contribution is 0.218. The van der Waals surface area contributed by atoms with E-state index < -0.39 is 11.9 Å². The summed E-state index contributed by atoms with van der Waals surface area (Å²) < 4.78 is 14.1. The third-order valence-corrected chi connectivity index (χ3v) is 3.76. The van der Waals surface area contributed by atoms with Crippen LogP contribution in [0.5, 0.6) is 0 Å². The van der Waals surface area contributed by atoms with Crippen molar-refractivity contribution >= 4 is 27.3 Å².